The Morgan fingerprint density at radius 1 is 1.17 bits per heavy atom. The van der Waals surface area contributed by atoms with Crippen LogP contribution in [0.3, 0.4) is 0 Å². The summed E-state index contributed by atoms with van der Waals surface area (Å²) in [5, 5.41) is 20.8. The maximum Gasteiger partial charge on any atom is 0.193 e. The smallest absolute Gasteiger partial charge is 0.193 e. The van der Waals surface area contributed by atoms with Gasteiger partial charge in [0.2, 0.25) is 0 Å². The van der Waals surface area contributed by atoms with Crippen molar-refractivity contribution in [3.05, 3.63) is 64.7 Å². The number of ketones is 1. The van der Waals surface area contributed by atoms with Gasteiger partial charge in [0.25, 0.3) is 0 Å². The Morgan fingerprint density at radius 2 is 2.00 bits per heavy atom. The Balaban J connectivity index is 2.03. The van der Waals surface area contributed by atoms with Crippen LogP contribution in [0.2, 0.25) is 0 Å². The fourth-order valence-corrected chi connectivity index (χ4v) is 3.64. The van der Waals surface area contributed by atoms with E-state index < -0.39 is 0 Å². The quantitative estimate of drug-likeness (QED) is 0.523. The molecule has 0 saturated carbocycles. The van der Waals surface area contributed by atoms with Gasteiger partial charge in [-0.05, 0) is 66.7 Å². The van der Waals surface area contributed by atoms with Gasteiger partial charge >= 0.3 is 0 Å². The second kappa shape index (κ2) is 9.43. The van der Waals surface area contributed by atoms with Crippen LogP contribution in [-0.4, -0.2) is 30.2 Å². The summed E-state index contributed by atoms with van der Waals surface area (Å²) in [5.74, 6) is 0.428. The minimum atomic E-state index is -0.371. The molecule has 0 aliphatic heterocycles. The number of rotatable bonds is 7. The number of methoxy groups -OCH3 is 2. The molecule has 0 saturated heterocycles. The van der Waals surface area contributed by atoms with Crippen molar-refractivity contribution in [1.29, 1.82) is 0 Å². The number of phenolic OH excluding ortho intramolecular Hbond substituents is 1. The third kappa shape index (κ3) is 4.51. The van der Waals surface area contributed by atoms with Crippen LogP contribution < -0.4 is 9.47 Å². The monoisotopic (exact) mass is 394 g/mol. The normalized spacial score (nSPS) is 14.0. The average Bonchev–Trinajstić information content (AvgIpc) is 2.77. The average molecular weight is 394 g/mol. The molecule has 0 aromatic heterocycles. The number of aliphatic hydroxyl groups excluding tert-OH is 1. The lowest BCUT2D eigenvalue weighted by molar-refractivity contribution is 0.104. The number of aliphatic hydroxyl groups is 1. The maximum absolute atomic E-state index is 13.0. The molecule has 3 rings (SSSR count). The fourth-order valence-electron chi connectivity index (χ4n) is 3.64. The Kier molecular flexibility index (Phi) is 6.73. The van der Waals surface area contributed by atoms with Crippen LogP contribution in [0.5, 0.6) is 17.2 Å². The second-order valence-electron chi connectivity index (χ2n) is 6.94. The first-order valence-corrected chi connectivity index (χ1v) is 9.68. The van der Waals surface area contributed by atoms with E-state index >= 15 is 0 Å². The highest BCUT2D eigenvalue weighted by Crippen LogP contribution is 2.41. The number of carbonyl (C=O) groups is 1. The van der Waals surface area contributed by atoms with E-state index in [1.807, 2.05) is 24.3 Å². The van der Waals surface area contributed by atoms with E-state index in [0.29, 0.717) is 16.9 Å². The minimum Gasteiger partial charge on any atom is -0.506 e. The van der Waals surface area contributed by atoms with Crippen LogP contribution in [0.25, 0.3) is 11.6 Å². The molecule has 1 aliphatic carbocycles. The summed E-state index contributed by atoms with van der Waals surface area (Å²) in [6, 6.07) is 8.97. The molecule has 0 heterocycles. The van der Waals surface area contributed by atoms with Crippen molar-refractivity contribution >= 4 is 17.4 Å². The van der Waals surface area contributed by atoms with Gasteiger partial charge in [-0.2, -0.15) is 0 Å². The van der Waals surface area contributed by atoms with Gasteiger partial charge < -0.3 is 19.7 Å². The molecule has 0 unspecified atom stereocenters. The SMILES string of the molecule is COc1cccc(/C=C/C(=O)c2c(OC)cc(CO)c(C3=CCCCC3)c2O)c1. The van der Waals surface area contributed by atoms with E-state index in [-0.39, 0.29) is 29.5 Å². The highest BCUT2D eigenvalue weighted by atomic mass is 16.5. The molecule has 5 nitrogen and oxygen atoms in total. The van der Waals surface area contributed by atoms with Crippen LogP contribution in [-0.2, 0) is 6.61 Å². The van der Waals surface area contributed by atoms with Gasteiger partial charge in [0.05, 0.1) is 20.8 Å². The van der Waals surface area contributed by atoms with Crippen molar-refractivity contribution in [2.75, 3.05) is 14.2 Å². The minimum absolute atomic E-state index is 0.102. The first-order chi connectivity index (χ1) is 14.1. The summed E-state index contributed by atoms with van der Waals surface area (Å²) in [6.07, 6.45) is 8.99. The molecule has 2 N–H and O–H groups in total. The van der Waals surface area contributed by atoms with Gasteiger partial charge in [-0.1, -0.05) is 24.3 Å². The van der Waals surface area contributed by atoms with Crippen LogP contribution in [0.1, 0.15) is 52.7 Å². The summed E-state index contributed by atoms with van der Waals surface area (Å²) in [7, 11) is 3.03. The van der Waals surface area contributed by atoms with Crippen LogP contribution >= 0.6 is 0 Å². The van der Waals surface area contributed by atoms with Crippen molar-refractivity contribution in [3.63, 3.8) is 0 Å². The van der Waals surface area contributed by atoms with Crippen molar-refractivity contribution < 1.29 is 24.5 Å². The first-order valence-electron chi connectivity index (χ1n) is 9.68. The van der Waals surface area contributed by atoms with Gasteiger partial charge in [0.15, 0.2) is 5.78 Å². The summed E-state index contributed by atoms with van der Waals surface area (Å²) < 4.78 is 10.6. The Labute approximate surface area is 170 Å². The summed E-state index contributed by atoms with van der Waals surface area (Å²) in [5.41, 5.74) is 2.97. The number of hydrogen-bond acceptors (Lipinski definition) is 5. The maximum atomic E-state index is 13.0. The van der Waals surface area contributed by atoms with E-state index in [1.165, 1.54) is 13.2 Å². The molecule has 152 valence electrons. The van der Waals surface area contributed by atoms with E-state index in [1.54, 1.807) is 19.3 Å². The molecule has 5 heteroatoms. The number of aromatic hydroxyl groups is 1. The fraction of sp³-hybridized carbons (Fsp3) is 0.292. The number of hydrogen-bond donors (Lipinski definition) is 2. The van der Waals surface area contributed by atoms with Gasteiger partial charge in [-0.3, -0.25) is 4.79 Å². The highest BCUT2D eigenvalue weighted by molar-refractivity contribution is 6.11. The number of phenols is 1. The molecular weight excluding hydrogens is 368 g/mol. The third-order valence-electron chi connectivity index (χ3n) is 5.12. The summed E-state index contributed by atoms with van der Waals surface area (Å²) in [4.78, 5) is 13.0. The lowest BCUT2D eigenvalue weighted by atomic mass is 9.87. The predicted molar refractivity (Wildman–Crippen MR) is 113 cm³/mol. The van der Waals surface area contributed by atoms with E-state index in [4.69, 9.17) is 9.47 Å². The second-order valence-corrected chi connectivity index (χ2v) is 6.94. The van der Waals surface area contributed by atoms with E-state index in [0.717, 1.165) is 36.8 Å². The van der Waals surface area contributed by atoms with Crippen molar-refractivity contribution in [1.82, 2.24) is 0 Å². The van der Waals surface area contributed by atoms with Gasteiger partial charge in [-0.25, -0.2) is 0 Å². The largest absolute Gasteiger partial charge is 0.506 e. The molecular formula is C24H26O5. The Bertz CT molecular complexity index is 956. The number of carbonyl (C=O) groups excluding carboxylic acids is 1. The van der Waals surface area contributed by atoms with Crippen molar-refractivity contribution in [3.8, 4) is 17.2 Å². The molecule has 2 aromatic rings. The molecule has 1 aliphatic rings. The number of benzene rings is 2. The molecule has 0 amide bonds. The van der Waals surface area contributed by atoms with Gasteiger partial charge in [0, 0.05) is 5.56 Å². The van der Waals surface area contributed by atoms with E-state index in [9.17, 15) is 15.0 Å². The zero-order valence-electron chi connectivity index (χ0n) is 16.8. The molecule has 29 heavy (non-hydrogen) atoms. The van der Waals surface area contributed by atoms with Crippen LogP contribution in [0.4, 0.5) is 0 Å². The summed E-state index contributed by atoms with van der Waals surface area (Å²) >= 11 is 0. The van der Waals surface area contributed by atoms with Crippen LogP contribution in [0, 0.1) is 0 Å². The lowest BCUT2D eigenvalue weighted by Crippen LogP contribution is -2.06. The third-order valence-corrected chi connectivity index (χ3v) is 5.12. The molecule has 0 bridgehead atoms. The zero-order valence-corrected chi connectivity index (χ0v) is 16.8. The van der Waals surface area contributed by atoms with E-state index in [2.05, 4.69) is 6.08 Å². The predicted octanol–water partition coefficient (Wildman–Crippen LogP) is 4.76. The van der Waals surface area contributed by atoms with Gasteiger partial charge in [0.1, 0.15) is 22.8 Å². The Morgan fingerprint density at radius 3 is 2.66 bits per heavy atom. The topological polar surface area (TPSA) is 76.0 Å². The number of ether oxygens (including phenoxy) is 2. The summed E-state index contributed by atoms with van der Waals surface area (Å²) in [6.45, 7) is -0.245. The standard InChI is InChI=1S/C24H26O5/c1-28-19-10-6-7-16(13-19)11-12-20(26)23-21(29-2)14-18(15-25)22(24(23)27)17-8-4-3-5-9-17/h6-8,10-14,25,27H,3-5,9,15H2,1-2H3/b12-11+. The molecule has 0 spiro atoms. The molecule has 0 atom stereocenters. The lowest BCUT2D eigenvalue weighted by Gasteiger charge is -2.20. The molecule has 0 radical (unpaired) electrons. The van der Waals surface area contributed by atoms with Crippen molar-refractivity contribution in [2.45, 2.75) is 32.3 Å². The molecule has 0 fully saturated rings. The van der Waals surface area contributed by atoms with Crippen molar-refractivity contribution in [2.24, 2.45) is 0 Å². The highest BCUT2D eigenvalue weighted by Gasteiger charge is 2.24. The van der Waals surface area contributed by atoms with Crippen LogP contribution in [0.15, 0.2) is 42.5 Å². The number of allylic oxidation sites excluding steroid dienone is 3. The Hall–Kier alpha value is -3.05. The first kappa shape index (κ1) is 20.7. The molecule has 2 aromatic carbocycles. The van der Waals surface area contributed by atoms with Gasteiger partial charge in [-0.15, -0.1) is 0 Å². The zero-order chi connectivity index (χ0) is 20.8.